The van der Waals surface area contributed by atoms with Gasteiger partial charge >= 0.3 is 33.4 Å². The number of likely N-dealkylation sites (N-methyl/N-ethyl adjacent to an activating group) is 1. The molecular formula is C39H52N12O18P2S2. The Bertz CT molecular complexity index is 2790. The molecule has 8 N–H and O–H groups in total. The zero-order chi connectivity index (χ0) is 52.8. The lowest BCUT2D eigenvalue weighted by atomic mass is 10.1. The van der Waals surface area contributed by atoms with Crippen LogP contribution < -0.4 is 17.2 Å². The molecule has 0 radical (unpaired) electrons. The number of imidazole rings is 1. The van der Waals surface area contributed by atoms with E-state index >= 15 is 0 Å². The fourth-order valence-corrected chi connectivity index (χ4v) is 11.4. The van der Waals surface area contributed by atoms with Gasteiger partial charge in [0.25, 0.3) is 0 Å². The van der Waals surface area contributed by atoms with Gasteiger partial charge in [-0.25, -0.2) is 38.5 Å². The van der Waals surface area contributed by atoms with Crippen molar-refractivity contribution in [1.82, 2.24) is 34.0 Å². The molecule has 3 aliphatic rings. The Kier molecular flexibility index (Phi) is 18.1. The number of nitrogens with two attached hydrogens (primary N) is 2. The van der Waals surface area contributed by atoms with E-state index in [1.54, 1.807) is 12.1 Å². The fourth-order valence-electron chi connectivity index (χ4n) is 7.51. The Labute approximate surface area is 422 Å². The minimum absolute atomic E-state index is 0.0204. The van der Waals surface area contributed by atoms with Gasteiger partial charge in [0.15, 0.2) is 36.3 Å². The summed E-state index contributed by atoms with van der Waals surface area (Å²) in [5, 5.41) is 15.5. The molecule has 3 aliphatic heterocycles. The number of hydrogen-bond acceptors (Lipinski definition) is 24. The molecule has 11 atom stereocenters. The van der Waals surface area contributed by atoms with Crippen molar-refractivity contribution >= 4 is 77.8 Å². The number of benzene rings is 1. The number of anilines is 2. The molecular weight excluding hydrogens is 1050 g/mol. The van der Waals surface area contributed by atoms with Crippen LogP contribution in [0.1, 0.15) is 51.6 Å². The van der Waals surface area contributed by atoms with Gasteiger partial charge in [0.1, 0.15) is 60.8 Å². The highest BCUT2D eigenvalue weighted by molar-refractivity contribution is 8.77. The molecule has 0 bridgehead atoms. The number of aliphatic hydroxyl groups excluding tert-OH is 1. The molecule has 2 unspecified atom stereocenters. The maximum Gasteiger partial charge on any atom is 0.472 e. The minimum Gasteiger partial charge on any atom is -0.455 e. The smallest absolute Gasteiger partial charge is 0.455 e. The van der Waals surface area contributed by atoms with Crippen LogP contribution in [0, 0.1) is 0 Å². The predicted octanol–water partition coefficient (Wildman–Crippen LogP) is 3.21. The maximum atomic E-state index is 14.4. The number of phosphoric ester groups is 2. The monoisotopic (exact) mass is 1100 g/mol. The second-order valence-electron chi connectivity index (χ2n) is 17.3. The van der Waals surface area contributed by atoms with Gasteiger partial charge in [0.2, 0.25) is 0 Å². The van der Waals surface area contributed by atoms with E-state index in [2.05, 4.69) is 30.0 Å². The predicted molar refractivity (Wildman–Crippen MR) is 256 cm³/mol. The van der Waals surface area contributed by atoms with Gasteiger partial charge in [0.05, 0.1) is 19.5 Å². The summed E-state index contributed by atoms with van der Waals surface area (Å²) in [4.78, 5) is 91.4. The van der Waals surface area contributed by atoms with E-state index in [1.165, 1.54) is 63.9 Å². The molecule has 1 aromatic carbocycles. The van der Waals surface area contributed by atoms with Crippen molar-refractivity contribution in [3.8, 4) is 0 Å². The van der Waals surface area contributed by atoms with Crippen LogP contribution in [-0.2, 0) is 62.5 Å². The summed E-state index contributed by atoms with van der Waals surface area (Å²) in [6.45, 7) is 3.90. The molecule has 7 rings (SSSR count). The van der Waals surface area contributed by atoms with Crippen LogP contribution in [0.2, 0.25) is 0 Å². The molecule has 6 heterocycles. The normalized spacial score (nSPS) is 25.5. The maximum absolute atomic E-state index is 14.4. The van der Waals surface area contributed by atoms with Crippen LogP contribution >= 0.6 is 37.2 Å². The number of azide groups is 1. The number of hydrogen-bond donors (Lipinski definition) is 6. The summed E-state index contributed by atoms with van der Waals surface area (Å²) >= 11 is 0. The molecule has 3 saturated heterocycles. The minimum atomic E-state index is -5.47. The van der Waals surface area contributed by atoms with Gasteiger partial charge in [-0.2, -0.15) is 4.98 Å². The van der Waals surface area contributed by atoms with Crippen molar-refractivity contribution in [3.63, 3.8) is 0 Å². The molecule has 398 valence electrons. The van der Waals surface area contributed by atoms with Crippen LogP contribution in [0.5, 0.6) is 0 Å². The SMILES string of the molecule is CN(C(=O)OCc1ccc(N=[N+]=[N-])cc1)C(CSSC(C)(C)C)C(=O)O[C@H]1[C@@H](O)[C@H](n2cnc3c(N)ncnc32)O[C@@H]1COP(=O)(O)O[C@H]1[C@@H](O[C@@H]2CCCO2)[C@H](n2ccc(N)nc2=O)O[C@@H]1COP(=O)(O)O. The van der Waals surface area contributed by atoms with Crippen molar-refractivity contribution in [2.45, 2.75) is 106 Å². The first-order valence-corrected chi connectivity index (χ1v) is 27.3. The second-order valence-corrected chi connectivity index (χ2v) is 23.1. The van der Waals surface area contributed by atoms with E-state index in [9.17, 15) is 43.3 Å². The molecule has 4 aromatic rings. The topological polar surface area (TPSA) is 415 Å². The zero-order valence-electron chi connectivity index (χ0n) is 39.2. The molecule has 73 heavy (non-hydrogen) atoms. The molecule has 34 heteroatoms. The number of nitrogen functional groups attached to an aromatic ring is 2. The summed E-state index contributed by atoms with van der Waals surface area (Å²) < 4.78 is 79.1. The van der Waals surface area contributed by atoms with Crippen molar-refractivity contribution < 1.29 is 80.5 Å². The van der Waals surface area contributed by atoms with Crippen LogP contribution in [0.4, 0.5) is 22.1 Å². The van der Waals surface area contributed by atoms with E-state index in [-0.39, 0.29) is 46.5 Å². The Morgan fingerprint density at radius 1 is 1.01 bits per heavy atom. The Morgan fingerprint density at radius 2 is 1.73 bits per heavy atom. The van der Waals surface area contributed by atoms with Gasteiger partial charge in [0, 0.05) is 47.4 Å². The average molecular weight is 1100 g/mol. The molecule has 0 saturated carbocycles. The number of fused-ring (bicyclic) bond motifs is 1. The molecule has 0 aliphatic carbocycles. The summed E-state index contributed by atoms with van der Waals surface area (Å²) in [5.41, 5.74) is 20.6. The highest BCUT2D eigenvalue weighted by Crippen LogP contribution is 2.51. The van der Waals surface area contributed by atoms with E-state index < -0.39 is 108 Å². The lowest BCUT2D eigenvalue weighted by molar-refractivity contribution is -0.181. The quantitative estimate of drug-likeness (QED) is 0.0174. The van der Waals surface area contributed by atoms with Crippen molar-refractivity contribution in [2.75, 3.05) is 44.1 Å². The number of carbonyl (C=O) groups is 2. The molecule has 0 spiro atoms. The van der Waals surface area contributed by atoms with Gasteiger partial charge in [-0.05, 0) is 23.6 Å². The number of aliphatic hydroxyl groups is 1. The van der Waals surface area contributed by atoms with Crippen LogP contribution in [0.15, 0.2) is 59.1 Å². The van der Waals surface area contributed by atoms with Gasteiger partial charge in [-0.1, -0.05) is 71.7 Å². The first kappa shape index (κ1) is 55.8. The number of rotatable bonds is 21. The van der Waals surface area contributed by atoms with Crippen LogP contribution in [0.3, 0.4) is 0 Å². The zero-order valence-corrected chi connectivity index (χ0v) is 42.6. The van der Waals surface area contributed by atoms with Crippen molar-refractivity contribution in [2.24, 2.45) is 5.11 Å². The summed E-state index contributed by atoms with van der Waals surface area (Å²) in [5.74, 6) is -1.30. The third kappa shape index (κ3) is 14.5. The number of amides is 1. The summed E-state index contributed by atoms with van der Waals surface area (Å²) in [6, 6.07) is 6.07. The van der Waals surface area contributed by atoms with Gasteiger partial charge < -0.3 is 59.7 Å². The number of aromatic nitrogens is 6. The third-order valence-corrected chi connectivity index (χ3v) is 15.7. The number of carbonyl (C=O) groups excluding carboxylic acids is 2. The van der Waals surface area contributed by atoms with Gasteiger partial charge in [-0.3, -0.25) is 27.6 Å². The Morgan fingerprint density at radius 3 is 2.40 bits per heavy atom. The van der Waals surface area contributed by atoms with Crippen molar-refractivity contribution in [1.29, 1.82) is 0 Å². The lowest BCUT2D eigenvalue weighted by Gasteiger charge is -2.30. The van der Waals surface area contributed by atoms with E-state index in [1.807, 2.05) is 20.8 Å². The lowest BCUT2D eigenvalue weighted by Crippen LogP contribution is -2.48. The van der Waals surface area contributed by atoms with Crippen LogP contribution in [-0.4, -0.2) is 152 Å². The highest BCUT2D eigenvalue weighted by Gasteiger charge is 2.54. The van der Waals surface area contributed by atoms with Crippen LogP contribution in [0.25, 0.3) is 21.6 Å². The molecule has 3 aromatic heterocycles. The Hall–Kier alpha value is -4.98. The average Bonchev–Trinajstić information content (AvgIpc) is 4.13. The van der Waals surface area contributed by atoms with Gasteiger partial charge in [-0.15, -0.1) is 0 Å². The largest absolute Gasteiger partial charge is 0.472 e. The number of ether oxygens (including phenoxy) is 6. The number of esters is 1. The fraction of sp³-hybridized carbons (Fsp3) is 0.564. The first-order chi connectivity index (χ1) is 34.5. The molecule has 30 nitrogen and oxygen atoms in total. The molecule has 3 fully saturated rings. The summed E-state index contributed by atoms with van der Waals surface area (Å²) in [7, 11) is -6.73. The third-order valence-electron chi connectivity index (χ3n) is 10.9. The highest BCUT2D eigenvalue weighted by atomic mass is 33.1. The molecule has 1 amide bonds. The van der Waals surface area contributed by atoms with E-state index in [4.69, 9.17) is 59.0 Å². The first-order valence-electron chi connectivity index (χ1n) is 21.9. The number of phosphoric acid groups is 2. The Balaban J connectivity index is 1.15. The summed E-state index contributed by atoms with van der Waals surface area (Å²) in [6.07, 6.45) is -10.7. The second kappa shape index (κ2) is 23.7. The standard InChI is InChI=1S/C39H52N12O18P2S2/c1-39(2,3)73-72-17-22(49(4)38(55)62-14-20-7-9-21(10-8-20)47-48-42)36(53)68-29-23(65-34(28(29)52)51-19-45-27-32(41)43-18-44-33(27)51)16-64-71(59,60)69-30-24(15-63-70(56,57)58)66-35(31(30)67-26-6-5-13-61-26)50-12-11-25(40)46-37(50)54/h7-12,18-19,22-24,26,28-31,34-35,52H,5-6,13-17H2,1-4H3,(H,59,60)(H2,40,46,54)(H2,41,43,44)(H2,56,57,58)/t22?,23-,24-,26-,28-,29-,30-,31-,34-,35-/m1/s1. The van der Waals surface area contributed by atoms with Crippen molar-refractivity contribution in [3.05, 3.63) is 75.7 Å². The van der Waals surface area contributed by atoms with E-state index in [0.29, 0.717) is 24.1 Å². The van der Waals surface area contributed by atoms with E-state index in [0.717, 1.165) is 15.8 Å². The number of nitrogens with zero attached hydrogens (tertiary/aromatic N) is 10.